The van der Waals surface area contributed by atoms with E-state index in [-0.39, 0.29) is 0 Å². The second kappa shape index (κ2) is 6.16. The number of likely N-dealkylation sites (tertiary alicyclic amines) is 1. The monoisotopic (exact) mass is 310 g/mol. The molecule has 0 spiro atoms. The molecule has 120 valence electrons. The topological polar surface area (TPSA) is 58.0 Å². The molecule has 1 saturated heterocycles. The van der Waals surface area contributed by atoms with Gasteiger partial charge in [0.15, 0.2) is 5.76 Å². The van der Waals surface area contributed by atoms with E-state index in [2.05, 4.69) is 27.2 Å². The summed E-state index contributed by atoms with van der Waals surface area (Å²) in [5, 5.41) is 3.98. The molecule has 1 aliphatic rings. The van der Waals surface area contributed by atoms with Crippen molar-refractivity contribution in [3.05, 3.63) is 47.6 Å². The van der Waals surface area contributed by atoms with E-state index >= 15 is 0 Å². The number of aromatic amines is 1. The molecule has 23 heavy (non-hydrogen) atoms. The van der Waals surface area contributed by atoms with Gasteiger partial charge in [0.2, 0.25) is 0 Å². The van der Waals surface area contributed by atoms with Crippen molar-refractivity contribution in [1.82, 2.24) is 20.0 Å². The largest absolute Gasteiger partial charge is 0.360 e. The lowest BCUT2D eigenvalue weighted by molar-refractivity contribution is 0.151. The Kier molecular flexibility index (Phi) is 3.87. The third kappa shape index (κ3) is 3.29. The average Bonchev–Trinajstić information content (AvgIpc) is 3.13. The summed E-state index contributed by atoms with van der Waals surface area (Å²) in [5.41, 5.74) is 3.15. The molecular weight excluding hydrogens is 288 g/mol. The number of imidazole rings is 1. The number of H-pyrrole nitrogens is 1. The van der Waals surface area contributed by atoms with Gasteiger partial charge in [0, 0.05) is 19.0 Å². The minimum absolute atomic E-state index is 0.647. The standard InChI is InChI=1S/C18H22N4O/c1-13-9-15(23-21-13)12-22-8-4-5-14(11-22)10-18-19-16-6-2-3-7-17(16)20-18/h2-3,6-7,9,14H,4-5,8,10-12H2,1H3,(H,19,20). The molecule has 1 unspecified atom stereocenters. The molecular formula is C18H22N4O. The van der Waals surface area contributed by atoms with Gasteiger partial charge in [-0.15, -0.1) is 0 Å². The van der Waals surface area contributed by atoms with E-state index < -0.39 is 0 Å². The summed E-state index contributed by atoms with van der Waals surface area (Å²) in [6.07, 6.45) is 3.52. The van der Waals surface area contributed by atoms with Crippen LogP contribution in [0.4, 0.5) is 0 Å². The molecule has 2 aromatic heterocycles. The first-order valence-corrected chi connectivity index (χ1v) is 8.34. The lowest BCUT2D eigenvalue weighted by atomic mass is 9.94. The summed E-state index contributed by atoms with van der Waals surface area (Å²) in [6, 6.07) is 10.3. The summed E-state index contributed by atoms with van der Waals surface area (Å²) in [4.78, 5) is 10.6. The molecule has 0 aliphatic carbocycles. The number of aryl methyl sites for hydroxylation is 1. The predicted molar refractivity (Wildman–Crippen MR) is 89.0 cm³/mol. The summed E-state index contributed by atoms with van der Waals surface area (Å²) in [5.74, 6) is 2.72. The minimum atomic E-state index is 0.647. The molecule has 0 radical (unpaired) electrons. The smallest absolute Gasteiger partial charge is 0.150 e. The van der Waals surface area contributed by atoms with Crippen LogP contribution in [0.3, 0.4) is 0 Å². The highest BCUT2D eigenvalue weighted by atomic mass is 16.5. The van der Waals surface area contributed by atoms with E-state index in [1.54, 1.807) is 0 Å². The number of para-hydroxylation sites is 2. The number of rotatable bonds is 4. The second-order valence-electron chi connectivity index (χ2n) is 6.58. The number of nitrogens with one attached hydrogen (secondary N) is 1. The number of benzene rings is 1. The Morgan fingerprint density at radius 1 is 1.35 bits per heavy atom. The van der Waals surface area contributed by atoms with Gasteiger partial charge in [0.05, 0.1) is 23.3 Å². The maximum atomic E-state index is 5.35. The third-order valence-corrected chi connectivity index (χ3v) is 4.58. The first-order chi connectivity index (χ1) is 11.3. The van der Waals surface area contributed by atoms with Crippen molar-refractivity contribution >= 4 is 11.0 Å². The highest BCUT2D eigenvalue weighted by Crippen LogP contribution is 2.22. The molecule has 4 rings (SSSR count). The number of hydrogen-bond acceptors (Lipinski definition) is 4. The van der Waals surface area contributed by atoms with Gasteiger partial charge < -0.3 is 9.51 Å². The first kappa shape index (κ1) is 14.5. The van der Waals surface area contributed by atoms with Crippen LogP contribution in [0.5, 0.6) is 0 Å². The molecule has 0 amide bonds. The molecule has 0 saturated carbocycles. The maximum Gasteiger partial charge on any atom is 0.150 e. The predicted octanol–water partition coefficient (Wildman–Crippen LogP) is 3.31. The van der Waals surface area contributed by atoms with Gasteiger partial charge in [-0.05, 0) is 44.4 Å². The van der Waals surface area contributed by atoms with Gasteiger partial charge in [0.25, 0.3) is 0 Å². The van der Waals surface area contributed by atoms with E-state index in [1.165, 1.54) is 12.8 Å². The number of piperidine rings is 1. The summed E-state index contributed by atoms with van der Waals surface area (Å²) >= 11 is 0. The second-order valence-corrected chi connectivity index (χ2v) is 6.58. The van der Waals surface area contributed by atoms with Crippen LogP contribution in [-0.4, -0.2) is 33.1 Å². The van der Waals surface area contributed by atoms with Gasteiger partial charge in [0.1, 0.15) is 5.82 Å². The van der Waals surface area contributed by atoms with Crippen molar-refractivity contribution in [2.24, 2.45) is 5.92 Å². The average molecular weight is 310 g/mol. The molecule has 1 fully saturated rings. The van der Waals surface area contributed by atoms with Crippen LogP contribution in [0.15, 0.2) is 34.9 Å². The molecule has 5 nitrogen and oxygen atoms in total. The number of hydrogen-bond donors (Lipinski definition) is 1. The van der Waals surface area contributed by atoms with Gasteiger partial charge in [-0.25, -0.2) is 4.98 Å². The number of nitrogens with zero attached hydrogens (tertiary/aromatic N) is 3. The Labute approximate surface area is 135 Å². The van der Waals surface area contributed by atoms with Gasteiger partial charge in [-0.2, -0.15) is 0 Å². The van der Waals surface area contributed by atoms with Crippen molar-refractivity contribution in [3.63, 3.8) is 0 Å². The molecule has 1 N–H and O–H groups in total. The van der Waals surface area contributed by atoms with E-state index in [1.807, 2.05) is 25.1 Å². The van der Waals surface area contributed by atoms with Gasteiger partial charge in [-0.3, -0.25) is 4.90 Å². The van der Waals surface area contributed by atoms with Crippen LogP contribution < -0.4 is 0 Å². The Bertz CT molecular complexity index is 758. The summed E-state index contributed by atoms with van der Waals surface area (Å²) in [7, 11) is 0. The Hall–Kier alpha value is -2.14. The molecule has 1 aromatic carbocycles. The minimum Gasteiger partial charge on any atom is -0.360 e. The molecule has 1 atom stereocenters. The fourth-order valence-corrected chi connectivity index (χ4v) is 3.55. The van der Waals surface area contributed by atoms with E-state index in [9.17, 15) is 0 Å². The van der Waals surface area contributed by atoms with Crippen LogP contribution in [-0.2, 0) is 13.0 Å². The van der Waals surface area contributed by atoms with Crippen molar-refractivity contribution in [3.8, 4) is 0 Å². The van der Waals surface area contributed by atoms with Gasteiger partial charge in [-0.1, -0.05) is 17.3 Å². The fourth-order valence-electron chi connectivity index (χ4n) is 3.55. The first-order valence-electron chi connectivity index (χ1n) is 8.34. The van der Waals surface area contributed by atoms with Crippen LogP contribution in [0.25, 0.3) is 11.0 Å². The zero-order valence-corrected chi connectivity index (χ0v) is 13.5. The zero-order chi connectivity index (χ0) is 15.6. The number of fused-ring (bicyclic) bond motifs is 1. The summed E-state index contributed by atoms with van der Waals surface area (Å²) in [6.45, 7) is 5.05. The molecule has 3 heterocycles. The zero-order valence-electron chi connectivity index (χ0n) is 13.5. The molecule has 1 aliphatic heterocycles. The van der Waals surface area contributed by atoms with Crippen LogP contribution >= 0.6 is 0 Å². The highest BCUT2D eigenvalue weighted by molar-refractivity contribution is 5.74. The Balaban J connectivity index is 1.40. The van der Waals surface area contributed by atoms with Crippen molar-refractivity contribution in [2.45, 2.75) is 32.7 Å². The quantitative estimate of drug-likeness (QED) is 0.803. The van der Waals surface area contributed by atoms with Crippen LogP contribution in [0.1, 0.15) is 30.1 Å². The van der Waals surface area contributed by atoms with Crippen molar-refractivity contribution in [1.29, 1.82) is 0 Å². The maximum absolute atomic E-state index is 5.35. The molecule has 5 heteroatoms. The van der Waals surface area contributed by atoms with E-state index in [4.69, 9.17) is 9.51 Å². The van der Waals surface area contributed by atoms with Crippen LogP contribution in [0.2, 0.25) is 0 Å². The normalized spacial score (nSPS) is 19.4. The third-order valence-electron chi connectivity index (χ3n) is 4.58. The van der Waals surface area contributed by atoms with Gasteiger partial charge >= 0.3 is 0 Å². The van der Waals surface area contributed by atoms with Crippen LogP contribution in [0, 0.1) is 12.8 Å². The molecule has 0 bridgehead atoms. The lowest BCUT2D eigenvalue weighted by Gasteiger charge is -2.31. The van der Waals surface area contributed by atoms with E-state index in [0.29, 0.717) is 5.92 Å². The van der Waals surface area contributed by atoms with E-state index in [0.717, 1.165) is 54.4 Å². The number of aromatic nitrogens is 3. The Morgan fingerprint density at radius 3 is 3.09 bits per heavy atom. The highest BCUT2D eigenvalue weighted by Gasteiger charge is 2.22. The molecule has 3 aromatic rings. The summed E-state index contributed by atoms with van der Waals surface area (Å²) < 4.78 is 5.35. The Morgan fingerprint density at radius 2 is 2.26 bits per heavy atom. The SMILES string of the molecule is Cc1cc(CN2CCCC(Cc3nc4ccccc4[nH]3)C2)on1. The fraction of sp³-hybridized carbons (Fsp3) is 0.444. The lowest BCUT2D eigenvalue weighted by Crippen LogP contribution is -2.35. The van der Waals surface area contributed by atoms with Crippen molar-refractivity contribution < 1.29 is 4.52 Å². The van der Waals surface area contributed by atoms with Crippen molar-refractivity contribution in [2.75, 3.05) is 13.1 Å².